The van der Waals surface area contributed by atoms with Gasteiger partial charge in [-0.3, -0.25) is 4.98 Å². The van der Waals surface area contributed by atoms with Crippen molar-refractivity contribution in [2.24, 2.45) is 5.92 Å². The lowest BCUT2D eigenvalue weighted by Gasteiger charge is -2.18. The van der Waals surface area contributed by atoms with Crippen molar-refractivity contribution in [1.82, 2.24) is 4.98 Å². The maximum Gasteiger partial charge on any atom is 0.128 e. The summed E-state index contributed by atoms with van der Waals surface area (Å²) >= 11 is 0. The zero-order chi connectivity index (χ0) is 13.1. The molecule has 0 bridgehead atoms. The second-order valence-electron chi connectivity index (χ2n) is 5.25. The quantitative estimate of drug-likeness (QED) is 0.914. The van der Waals surface area contributed by atoms with Crippen LogP contribution in [0.1, 0.15) is 25.7 Å². The minimum Gasteiger partial charge on any atom is -0.490 e. The second-order valence-corrected chi connectivity index (χ2v) is 5.25. The number of rotatable bonds is 4. The third kappa shape index (κ3) is 2.71. The Hall–Kier alpha value is -1.61. The number of hydrogen-bond acceptors (Lipinski definition) is 3. The summed E-state index contributed by atoms with van der Waals surface area (Å²) in [5.74, 6) is 1.22. The molecule has 1 saturated carbocycles. The normalized spacial score (nSPS) is 17.7. The highest BCUT2D eigenvalue weighted by molar-refractivity contribution is 5.84. The molecule has 1 aliphatic rings. The van der Waals surface area contributed by atoms with Crippen LogP contribution in [0.15, 0.2) is 36.5 Å². The molecule has 3 heteroatoms. The van der Waals surface area contributed by atoms with Crippen LogP contribution in [-0.2, 0) is 0 Å². The third-order valence-corrected chi connectivity index (χ3v) is 3.96. The first-order valence-corrected chi connectivity index (χ1v) is 6.99. The van der Waals surface area contributed by atoms with Gasteiger partial charge in [0.2, 0.25) is 0 Å². The predicted octanol–water partition coefficient (Wildman–Crippen LogP) is 3.16. The summed E-state index contributed by atoms with van der Waals surface area (Å²) < 4.78 is 5.80. The fraction of sp³-hybridized carbons (Fsp3) is 0.438. The van der Waals surface area contributed by atoms with Crippen LogP contribution in [-0.4, -0.2) is 22.8 Å². The molecule has 1 unspecified atom stereocenters. The van der Waals surface area contributed by atoms with Gasteiger partial charge in [-0.1, -0.05) is 18.9 Å². The minimum absolute atomic E-state index is 0.352. The molecule has 0 radical (unpaired) electrons. The summed E-state index contributed by atoms with van der Waals surface area (Å²) in [6.07, 6.45) is 6.15. The number of aliphatic hydroxyl groups excluding tert-OH is 1. The van der Waals surface area contributed by atoms with Gasteiger partial charge in [-0.15, -0.1) is 0 Å². The second kappa shape index (κ2) is 5.57. The van der Waals surface area contributed by atoms with E-state index in [1.165, 1.54) is 12.8 Å². The zero-order valence-electron chi connectivity index (χ0n) is 11.0. The van der Waals surface area contributed by atoms with E-state index in [0.29, 0.717) is 12.5 Å². The highest BCUT2D eigenvalue weighted by Gasteiger charge is 2.23. The lowest BCUT2D eigenvalue weighted by atomic mass is 10.0. The maximum absolute atomic E-state index is 10.1. The van der Waals surface area contributed by atoms with E-state index in [4.69, 9.17) is 4.74 Å². The van der Waals surface area contributed by atoms with Crippen LogP contribution in [0.25, 0.3) is 10.9 Å². The van der Waals surface area contributed by atoms with Crippen molar-refractivity contribution in [3.63, 3.8) is 0 Å². The number of benzene rings is 1. The topological polar surface area (TPSA) is 42.4 Å². The van der Waals surface area contributed by atoms with Crippen LogP contribution in [0.3, 0.4) is 0 Å². The lowest BCUT2D eigenvalue weighted by molar-refractivity contribution is 0.0599. The van der Waals surface area contributed by atoms with E-state index in [-0.39, 0.29) is 6.10 Å². The van der Waals surface area contributed by atoms with E-state index in [0.717, 1.165) is 29.5 Å². The Morgan fingerprint density at radius 3 is 2.89 bits per heavy atom. The largest absolute Gasteiger partial charge is 0.490 e. The molecule has 1 fully saturated rings. The zero-order valence-corrected chi connectivity index (χ0v) is 11.0. The third-order valence-electron chi connectivity index (χ3n) is 3.96. The van der Waals surface area contributed by atoms with Gasteiger partial charge in [0.05, 0.1) is 11.6 Å². The van der Waals surface area contributed by atoms with E-state index in [2.05, 4.69) is 4.98 Å². The van der Waals surface area contributed by atoms with Crippen LogP contribution in [0.4, 0.5) is 0 Å². The fourth-order valence-corrected chi connectivity index (χ4v) is 2.85. The lowest BCUT2D eigenvalue weighted by Crippen LogP contribution is -2.25. The summed E-state index contributed by atoms with van der Waals surface area (Å²) in [6, 6.07) is 9.75. The number of nitrogens with zero attached hydrogens (tertiary/aromatic N) is 1. The van der Waals surface area contributed by atoms with Gasteiger partial charge in [0.1, 0.15) is 12.4 Å². The summed E-state index contributed by atoms with van der Waals surface area (Å²) in [6.45, 7) is 0.374. The van der Waals surface area contributed by atoms with Crippen molar-refractivity contribution in [2.75, 3.05) is 6.61 Å². The van der Waals surface area contributed by atoms with Gasteiger partial charge in [0.25, 0.3) is 0 Å². The molecule has 0 amide bonds. The molecule has 1 aliphatic carbocycles. The van der Waals surface area contributed by atoms with Gasteiger partial charge < -0.3 is 9.84 Å². The predicted molar refractivity (Wildman–Crippen MR) is 75.2 cm³/mol. The average Bonchev–Trinajstić information content (AvgIpc) is 2.99. The van der Waals surface area contributed by atoms with E-state index in [1.54, 1.807) is 6.20 Å². The molecule has 1 atom stereocenters. The minimum atomic E-state index is -0.352. The van der Waals surface area contributed by atoms with E-state index >= 15 is 0 Å². The number of pyridine rings is 1. The molecule has 3 rings (SSSR count). The van der Waals surface area contributed by atoms with E-state index < -0.39 is 0 Å². The molecule has 19 heavy (non-hydrogen) atoms. The molecule has 3 nitrogen and oxygen atoms in total. The van der Waals surface area contributed by atoms with Gasteiger partial charge in [-0.05, 0) is 43.0 Å². The highest BCUT2D eigenvalue weighted by atomic mass is 16.5. The highest BCUT2D eigenvalue weighted by Crippen LogP contribution is 2.29. The number of ether oxygens (including phenoxy) is 1. The monoisotopic (exact) mass is 257 g/mol. The molecular formula is C16H19NO2. The van der Waals surface area contributed by atoms with Crippen molar-refractivity contribution < 1.29 is 9.84 Å². The number of fused-ring (bicyclic) bond motifs is 1. The van der Waals surface area contributed by atoms with Gasteiger partial charge in [-0.25, -0.2) is 0 Å². The summed E-state index contributed by atoms with van der Waals surface area (Å²) in [5, 5.41) is 11.1. The van der Waals surface area contributed by atoms with E-state index in [9.17, 15) is 5.11 Å². The van der Waals surface area contributed by atoms with Crippen molar-refractivity contribution in [3.05, 3.63) is 36.5 Å². The maximum atomic E-state index is 10.1. The Labute approximate surface area is 113 Å². The summed E-state index contributed by atoms with van der Waals surface area (Å²) in [4.78, 5) is 4.30. The van der Waals surface area contributed by atoms with Crippen LogP contribution < -0.4 is 4.74 Å². The first-order valence-electron chi connectivity index (χ1n) is 6.99. The SMILES string of the molecule is OC(COc1cccc2ncccc12)C1CCCC1. The Kier molecular flexibility index (Phi) is 3.65. The fourth-order valence-electron chi connectivity index (χ4n) is 2.85. The molecule has 2 aromatic rings. The van der Waals surface area contributed by atoms with Gasteiger partial charge in [-0.2, -0.15) is 0 Å². The smallest absolute Gasteiger partial charge is 0.128 e. The van der Waals surface area contributed by atoms with Crippen LogP contribution >= 0.6 is 0 Å². The summed E-state index contributed by atoms with van der Waals surface area (Å²) in [7, 11) is 0. The van der Waals surface area contributed by atoms with Crippen molar-refractivity contribution in [1.29, 1.82) is 0 Å². The van der Waals surface area contributed by atoms with Crippen molar-refractivity contribution in [2.45, 2.75) is 31.8 Å². The Morgan fingerprint density at radius 1 is 1.21 bits per heavy atom. The first kappa shape index (κ1) is 12.4. The first-order chi connectivity index (χ1) is 9.34. The molecule has 0 spiro atoms. The molecule has 1 heterocycles. The Balaban J connectivity index is 1.71. The molecule has 100 valence electrons. The van der Waals surface area contributed by atoms with Crippen molar-refractivity contribution >= 4 is 10.9 Å². The standard InChI is InChI=1S/C16H19NO2/c18-15(12-5-1-2-6-12)11-19-16-9-3-8-14-13(16)7-4-10-17-14/h3-4,7-10,12,15,18H,1-2,5-6,11H2. The molecule has 1 aromatic carbocycles. The van der Waals surface area contributed by atoms with E-state index in [1.807, 2.05) is 30.3 Å². The Bertz CT molecular complexity index is 544. The molecule has 0 saturated heterocycles. The van der Waals surface area contributed by atoms with Crippen LogP contribution in [0.5, 0.6) is 5.75 Å². The molecular weight excluding hydrogens is 238 g/mol. The van der Waals surface area contributed by atoms with Crippen molar-refractivity contribution in [3.8, 4) is 5.75 Å². The molecule has 0 aliphatic heterocycles. The van der Waals surface area contributed by atoms with Crippen LogP contribution in [0.2, 0.25) is 0 Å². The van der Waals surface area contributed by atoms with Gasteiger partial charge in [0, 0.05) is 11.6 Å². The number of hydrogen-bond donors (Lipinski definition) is 1. The number of aromatic nitrogens is 1. The Morgan fingerprint density at radius 2 is 2.05 bits per heavy atom. The van der Waals surface area contributed by atoms with Crippen LogP contribution in [0, 0.1) is 5.92 Å². The summed E-state index contributed by atoms with van der Waals surface area (Å²) in [5.41, 5.74) is 0.926. The molecule has 1 N–H and O–H groups in total. The van der Waals surface area contributed by atoms with Gasteiger partial charge >= 0.3 is 0 Å². The molecule has 1 aromatic heterocycles. The van der Waals surface area contributed by atoms with Gasteiger partial charge in [0.15, 0.2) is 0 Å². The average molecular weight is 257 g/mol. The number of aliphatic hydroxyl groups is 1.